The van der Waals surface area contributed by atoms with E-state index in [0.717, 1.165) is 12.8 Å². The van der Waals surface area contributed by atoms with Crippen molar-refractivity contribution < 1.29 is 13.6 Å². The second-order valence-corrected chi connectivity index (χ2v) is 6.88. The van der Waals surface area contributed by atoms with Crippen LogP contribution < -0.4 is 5.73 Å². The van der Waals surface area contributed by atoms with E-state index in [1.807, 2.05) is 0 Å². The largest absolute Gasteiger partial charge is 0.409 e. The highest BCUT2D eigenvalue weighted by Gasteiger charge is 2.38. The summed E-state index contributed by atoms with van der Waals surface area (Å²) in [6, 6.07) is 6.31. The van der Waals surface area contributed by atoms with Crippen LogP contribution in [0.15, 0.2) is 34.3 Å². The van der Waals surface area contributed by atoms with Crippen LogP contribution in [0.2, 0.25) is 5.02 Å². The average molecular weight is 318 g/mol. The Balaban J connectivity index is 2.26. The molecular formula is C12H16ClN3O3S. The number of rotatable bonds is 6. The third-order valence-corrected chi connectivity index (χ3v) is 5.55. The highest BCUT2D eigenvalue weighted by atomic mass is 35.5. The molecule has 0 amide bonds. The van der Waals surface area contributed by atoms with Crippen molar-refractivity contribution in [3.63, 3.8) is 0 Å². The Morgan fingerprint density at radius 2 is 2.10 bits per heavy atom. The standard InChI is InChI=1S/C12H16ClN3O3S/c13-10-3-1-2-4-11(10)20(18,19)16(9-5-6-9)8-7-12(14)15-17/h1-4,9,17H,5-8H2,(H2,14,15). The van der Waals surface area contributed by atoms with Crippen LogP contribution in [-0.2, 0) is 10.0 Å². The molecule has 0 radical (unpaired) electrons. The molecule has 0 heterocycles. The van der Waals surface area contributed by atoms with Gasteiger partial charge in [-0.25, -0.2) is 8.42 Å². The zero-order chi connectivity index (χ0) is 14.8. The van der Waals surface area contributed by atoms with E-state index < -0.39 is 10.0 Å². The monoisotopic (exact) mass is 317 g/mol. The van der Waals surface area contributed by atoms with Gasteiger partial charge in [-0.3, -0.25) is 0 Å². The number of hydrogen-bond donors (Lipinski definition) is 2. The number of nitrogens with zero attached hydrogens (tertiary/aromatic N) is 2. The minimum absolute atomic E-state index is 0.00464. The van der Waals surface area contributed by atoms with E-state index in [9.17, 15) is 8.42 Å². The van der Waals surface area contributed by atoms with E-state index in [-0.39, 0.29) is 34.8 Å². The molecular weight excluding hydrogens is 302 g/mol. The lowest BCUT2D eigenvalue weighted by molar-refractivity contribution is 0.315. The number of sulfonamides is 1. The molecule has 1 fully saturated rings. The lowest BCUT2D eigenvalue weighted by atomic mass is 10.4. The van der Waals surface area contributed by atoms with Crippen LogP contribution in [0.25, 0.3) is 0 Å². The van der Waals surface area contributed by atoms with E-state index in [2.05, 4.69) is 5.16 Å². The van der Waals surface area contributed by atoms with Gasteiger partial charge in [-0.2, -0.15) is 4.31 Å². The summed E-state index contributed by atoms with van der Waals surface area (Å²) in [6.07, 6.45) is 1.82. The molecule has 0 spiro atoms. The first kappa shape index (κ1) is 15.1. The van der Waals surface area contributed by atoms with Crippen molar-refractivity contribution in [1.29, 1.82) is 0 Å². The number of nitrogens with two attached hydrogens (primary N) is 1. The van der Waals surface area contributed by atoms with Crippen molar-refractivity contribution in [1.82, 2.24) is 4.31 Å². The van der Waals surface area contributed by atoms with E-state index in [0.29, 0.717) is 0 Å². The van der Waals surface area contributed by atoms with Gasteiger partial charge in [-0.05, 0) is 25.0 Å². The fraction of sp³-hybridized carbons (Fsp3) is 0.417. The number of oxime groups is 1. The van der Waals surface area contributed by atoms with Gasteiger partial charge in [0.15, 0.2) is 0 Å². The van der Waals surface area contributed by atoms with Gasteiger partial charge in [0.1, 0.15) is 10.7 Å². The Labute approximate surface area is 122 Å². The SMILES string of the molecule is NC(CCN(C1CC1)S(=O)(=O)c1ccccc1Cl)=NO. The van der Waals surface area contributed by atoms with Crippen LogP contribution in [0.1, 0.15) is 19.3 Å². The lowest BCUT2D eigenvalue weighted by Crippen LogP contribution is -2.36. The first-order chi connectivity index (χ1) is 9.46. The summed E-state index contributed by atoms with van der Waals surface area (Å²) >= 11 is 5.97. The summed E-state index contributed by atoms with van der Waals surface area (Å²) in [4.78, 5) is 0.0908. The molecule has 2 rings (SSSR count). The Morgan fingerprint density at radius 3 is 2.65 bits per heavy atom. The fourth-order valence-electron chi connectivity index (χ4n) is 1.92. The third kappa shape index (κ3) is 3.23. The molecule has 1 aliphatic rings. The quantitative estimate of drug-likeness (QED) is 0.361. The fourth-order valence-corrected chi connectivity index (χ4v) is 4.10. The molecule has 1 aromatic rings. The molecule has 1 aromatic carbocycles. The summed E-state index contributed by atoms with van der Waals surface area (Å²) in [7, 11) is -3.66. The molecule has 6 nitrogen and oxygen atoms in total. The van der Waals surface area contributed by atoms with Gasteiger partial charge in [0.25, 0.3) is 0 Å². The van der Waals surface area contributed by atoms with Crippen molar-refractivity contribution >= 4 is 27.5 Å². The van der Waals surface area contributed by atoms with E-state index in [1.54, 1.807) is 18.2 Å². The molecule has 0 aliphatic heterocycles. The highest BCUT2D eigenvalue weighted by Crippen LogP contribution is 2.34. The highest BCUT2D eigenvalue weighted by molar-refractivity contribution is 7.89. The topological polar surface area (TPSA) is 96.0 Å². The van der Waals surface area contributed by atoms with Gasteiger partial charge >= 0.3 is 0 Å². The molecule has 110 valence electrons. The summed E-state index contributed by atoms with van der Waals surface area (Å²) in [5.74, 6) is 0.00464. The number of halogens is 1. The number of benzene rings is 1. The molecule has 0 atom stereocenters. The first-order valence-electron chi connectivity index (χ1n) is 6.19. The second-order valence-electron chi connectivity index (χ2n) is 4.62. The maximum Gasteiger partial charge on any atom is 0.244 e. The predicted molar refractivity (Wildman–Crippen MR) is 76.4 cm³/mol. The maximum absolute atomic E-state index is 12.6. The van der Waals surface area contributed by atoms with Crippen LogP contribution >= 0.6 is 11.6 Å². The Kier molecular flexibility index (Phi) is 4.52. The van der Waals surface area contributed by atoms with Gasteiger partial charge in [0.2, 0.25) is 10.0 Å². The van der Waals surface area contributed by atoms with Crippen molar-refractivity contribution in [2.24, 2.45) is 10.9 Å². The maximum atomic E-state index is 12.6. The number of hydrogen-bond acceptors (Lipinski definition) is 4. The minimum Gasteiger partial charge on any atom is -0.409 e. The van der Waals surface area contributed by atoms with E-state index in [1.165, 1.54) is 10.4 Å². The van der Waals surface area contributed by atoms with Gasteiger partial charge in [-0.1, -0.05) is 28.9 Å². The van der Waals surface area contributed by atoms with Crippen molar-refractivity contribution in [2.75, 3.05) is 6.54 Å². The summed E-state index contributed by atoms with van der Waals surface area (Å²) in [5.41, 5.74) is 5.41. The van der Waals surface area contributed by atoms with Crippen molar-refractivity contribution in [3.8, 4) is 0 Å². The Bertz CT molecular complexity index is 614. The molecule has 8 heteroatoms. The smallest absolute Gasteiger partial charge is 0.244 e. The Morgan fingerprint density at radius 1 is 1.45 bits per heavy atom. The van der Waals surface area contributed by atoms with Crippen LogP contribution in [-0.4, -0.2) is 36.4 Å². The molecule has 3 N–H and O–H groups in total. The van der Waals surface area contributed by atoms with Crippen LogP contribution in [0.5, 0.6) is 0 Å². The van der Waals surface area contributed by atoms with Crippen LogP contribution in [0.4, 0.5) is 0 Å². The number of amidine groups is 1. The van der Waals surface area contributed by atoms with E-state index in [4.69, 9.17) is 22.5 Å². The van der Waals surface area contributed by atoms with E-state index >= 15 is 0 Å². The van der Waals surface area contributed by atoms with Gasteiger partial charge in [0.05, 0.1) is 5.02 Å². The minimum atomic E-state index is -3.66. The van der Waals surface area contributed by atoms with Gasteiger partial charge in [-0.15, -0.1) is 0 Å². The lowest BCUT2D eigenvalue weighted by Gasteiger charge is -2.22. The summed E-state index contributed by atoms with van der Waals surface area (Å²) < 4.78 is 26.6. The molecule has 0 bridgehead atoms. The molecule has 0 aromatic heterocycles. The third-order valence-electron chi connectivity index (χ3n) is 3.09. The van der Waals surface area contributed by atoms with Gasteiger partial charge in [0, 0.05) is 19.0 Å². The van der Waals surface area contributed by atoms with Crippen molar-refractivity contribution in [2.45, 2.75) is 30.2 Å². The average Bonchev–Trinajstić information content (AvgIpc) is 3.23. The molecule has 0 saturated heterocycles. The second kappa shape index (κ2) is 5.99. The molecule has 1 saturated carbocycles. The van der Waals surface area contributed by atoms with Crippen LogP contribution in [0.3, 0.4) is 0 Å². The van der Waals surface area contributed by atoms with Gasteiger partial charge < -0.3 is 10.9 Å². The molecule has 20 heavy (non-hydrogen) atoms. The summed E-state index contributed by atoms with van der Waals surface area (Å²) in [5, 5.41) is 11.6. The normalized spacial score (nSPS) is 16.6. The zero-order valence-electron chi connectivity index (χ0n) is 10.7. The predicted octanol–water partition coefficient (Wildman–Crippen LogP) is 1.63. The van der Waals surface area contributed by atoms with Crippen molar-refractivity contribution in [3.05, 3.63) is 29.3 Å². The van der Waals surface area contributed by atoms with Crippen LogP contribution in [0, 0.1) is 0 Å². The zero-order valence-corrected chi connectivity index (χ0v) is 12.3. The molecule has 1 aliphatic carbocycles. The molecule has 0 unspecified atom stereocenters. The summed E-state index contributed by atoms with van der Waals surface area (Å²) in [6.45, 7) is 0.175. The first-order valence-corrected chi connectivity index (χ1v) is 8.01. The Hall–Kier alpha value is -1.31.